The molecule has 0 unspecified atom stereocenters. The molecule has 1 aromatic carbocycles. The lowest BCUT2D eigenvalue weighted by Gasteiger charge is -2.11. The van der Waals surface area contributed by atoms with E-state index in [-0.39, 0.29) is 5.69 Å². The van der Waals surface area contributed by atoms with Crippen molar-refractivity contribution < 1.29 is 14.6 Å². The maximum absolute atomic E-state index is 11.2. The molecule has 0 atom stereocenters. The van der Waals surface area contributed by atoms with Crippen LogP contribution in [0.5, 0.6) is 5.75 Å². The Balaban J connectivity index is 1.59. The number of halogens is 1. The molecule has 3 aromatic heterocycles. The van der Waals surface area contributed by atoms with Crippen LogP contribution in [0, 0.1) is 6.92 Å². The number of hydrogen-bond acceptors (Lipinski definition) is 5. The summed E-state index contributed by atoms with van der Waals surface area (Å²) < 4.78 is 7.64. The lowest BCUT2D eigenvalue weighted by Crippen LogP contribution is -2.06. The number of ether oxygens (including phenoxy) is 1. The molecule has 0 fully saturated rings. The summed E-state index contributed by atoms with van der Waals surface area (Å²) in [4.78, 5) is 21.1. The number of imidazole rings is 1. The first-order chi connectivity index (χ1) is 13.5. The minimum absolute atomic E-state index is 0.0166. The van der Waals surface area contributed by atoms with Crippen molar-refractivity contribution in [3.8, 4) is 5.75 Å². The summed E-state index contributed by atoms with van der Waals surface area (Å²) in [6.07, 6.45) is 0. The van der Waals surface area contributed by atoms with Gasteiger partial charge in [0.1, 0.15) is 23.7 Å². The van der Waals surface area contributed by atoms with E-state index in [0.29, 0.717) is 35.1 Å². The molecule has 0 radical (unpaired) electrons. The minimum atomic E-state index is -1.07. The number of fused-ring (bicyclic) bond motifs is 1. The molecule has 4 aromatic rings. The summed E-state index contributed by atoms with van der Waals surface area (Å²) in [5.74, 6) is 0.359. The van der Waals surface area contributed by atoms with E-state index in [9.17, 15) is 9.90 Å². The average Bonchev–Trinajstić information content (AvgIpc) is 3.29. The zero-order valence-electron chi connectivity index (χ0n) is 14.9. The molecule has 0 saturated heterocycles. The largest absolute Gasteiger partial charge is 0.488 e. The zero-order chi connectivity index (χ0) is 19.7. The summed E-state index contributed by atoms with van der Waals surface area (Å²) in [5.41, 5.74) is 2.02. The Morgan fingerprint density at radius 2 is 2.11 bits per heavy atom. The summed E-state index contributed by atoms with van der Waals surface area (Å²) >= 11 is 8.11. The fourth-order valence-corrected chi connectivity index (χ4v) is 3.74. The van der Waals surface area contributed by atoms with E-state index in [0.717, 1.165) is 16.3 Å². The van der Waals surface area contributed by atoms with E-state index in [4.69, 9.17) is 16.3 Å². The highest BCUT2D eigenvalue weighted by Gasteiger charge is 2.14. The molecule has 0 aliphatic carbocycles. The van der Waals surface area contributed by atoms with Crippen LogP contribution in [0.4, 0.5) is 0 Å². The minimum Gasteiger partial charge on any atom is -0.488 e. The fraction of sp³-hybridized carbons (Fsp3) is 0.150. The second-order valence-electron chi connectivity index (χ2n) is 6.21. The monoisotopic (exact) mass is 413 g/mol. The second kappa shape index (κ2) is 7.61. The topological polar surface area (TPSA) is 77.2 Å². The number of nitrogens with zero attached hydrogens (tertiary/aromatic N) is 3. The Kier molecular flexibility index (Phi) is 5.02. The Labute approximate surface area is 170 Å². The molecule has 4 rings (SSSR count). The molecule has 0 spiro atoms. The van der Waals surface area contributed by atoms with E-state index >= 15 is 0 Å². The molecule has 8 heteroatoms. The second-order valence-corrected chi connectivity index (χ2v) is 7.65. The van der Waals surface area contributed by atoms with E-state index in [1.807, 2.05) is 41.1 Å². The van der Waals surface area contributed by atoms with Gasteiger partial charge in [-0.05, 0) is 48.2 Å². The summed E-state index contributed by atoms with van der Waals surface area (Å²) in [6.45, 7) is 2.79. The average molecular weight is 414 g/mol. The Bertz CT molecular complexity index is 1160. The van der Waals surface area contributed by atoms with Gasteiger partial charge in [-0.25, -0.2) is 14.8 Å². The van der Waals surface area contributed by atoms with Crippen LogP contribution in [0.1, 0.15) is 26.8 Å². The molecule has 6 nitrogen and oxygen atoms in total. The van der Waals surface area contributed by atoms with Gasteiger partial charge < -0.3 is 14.4 Å². The molecule has 28 heavy (non-hydrogen) atoms. The van der Waals surface area contributed by atoms with Gasteiger partial charge in [-0.1, -0.05) is 23.7 Å². The van der Waals surface area contributed by atoms with E-state index in [1.165, 1.54) is 6.07 Å². The molecule has 0 bridgehead atoms. The van der Waals surface area contributed by atoms with Gasteiger partial charge >= 0.3 is 5.97 Å². The van der Waals surface area contributed by atoms with Crippen molar-refractivity contribution in [2.24, 2.45) is 0 Å². The number of aromatic carboxylic acids is 1. The SMILES string of the molecule is Cc1nc2ccc(C(=O)O)nc2n1Cc1ccc(OCc2cccs2)cc1Cl. The Morgan fingerprint density at radius 1 is 1.25 bits per heavy atom. The summed E-state index contributed by atoms with van der Waals surface area (Å²) in [6, 6.07) is 12.7. The lowest BCUT2D eigenvalue weighted by atomic mass is 10.2. The van der Waals surface area contributed by atoms with Gasteiger partial charge in [0, 0.05) is 9.90 Å². The normalized spacial score (nSPS) is 11.1. The number of carboxylic acids is 1. The molecule has 0 saturated carbocycles. The predicted octanol–water partition coefficient (Wildman–Crippen LogP) is 4.78. The number of aromatic nitrogens is 3. The van der Waals surface area contributed by atoms with Crippen molar-refractivity contribution in [1.82, 2.24) is 14.5 Å². The highest BCUT2D eigenvalue weighted by molar-refractivity contribution is 7.09. The van der Waals surface area contributed by atoms with Crippen molar-refractivity contribution in [1.29, 1.82) is 0 Å². The van der Waals surface area contributed by atoms with Crippen molar-refractivity contribution >= 4 is 40.1 Å². The van der Waals surface area contributed by atoms with Crippen molar-refractivity contribution in [3.05, 3.63) is 74.8 Å². The van der Waals surface area contributed by atoms with E-state index in [2.05, 4.69) is 9.97 Å². The molecular weight excluding hydrogens is 398 g/mol. The first kappa shape index (κ1) is 18.5. The molecule has 3 heterocycles. The number of carboxylic acid groups (broad SMARTS) is 1. The van der Waals surface area contributed by atoms with Crippen molar-refractivity contribution in [2.45, 2.75) is 20.1 Å². The third-order valence-electron chi connectivity index (χ3n) is 4.32. The fourth-order valence-electron chi connectivity index (χ4n) is 2.89. The van der Waals surface area contributed by atoms with Gasteiger partial charge in [0.05, 0.1) is 6.54 Å². The van der Waals surface area contributed by atoms with Crippen molar-refractivity contribution in [3.63, 3.8) is 0 Å². The van der Waals surface area contributed by atoms with Gasteiger partial charge in [0.15, 0.2) is 11.3 Å². The van der Waals surface area contributed by atoms with Gasteiger partial charge in [0.25, 0.3) is 0 Å². The zero-order valence-corrected chi connectivity index (χ0v) is 16.5. The lowest BCUT2D eigenvalue weighted by molar-refractivity contribution is 0.0691. The highest BCUT2D eigenvalue weighted by atomic mass is 35.5. The maximum atomic E-state index is 11.2. The Morgan fingerprint density at radius 3 is 2.82 bits per heavy atom. The van der Waals surface area contributed by atoms with Gasteiger partial charge in [-0.2, -0.15) is 0 Å². The number of pyridine rings is 1. The summed E-state index contributed by atoms with van der Waals surface area (Å²) in [7, 11) is 0. The van der Waals surface area contributed by atoms with Gasteiger partial charge in [-0.3, -0.25) is 0 Å². The number of benzene rings is 1. The standard InChI is InChI=1S/C20H16ClN3O3S/c1-12-22-17-6-7-18(20(25)26)23-19(17)24(12)10-13-4-5-14(9-16(13)21)27-11-15-3-2-8-28-15/h2-9H,10-11H2,1H3,(H,25,26). The number of hydrogen-bond donors (Lipinski definition) is 1. The van der Waals surface area contributed by atoms with Crippen LogP contribution in [0.15, 0.2) is 47.8 Å². The number of carbonyl (C=O) groups is 1. The third kappa shape index (κ3) is 3.72. The van der Waals surface area contributed by atoms with Crippen LogP contribution in [0.2, 0.25) is 5.02 Å². The number of aryl methyl sites for hydroxylation is 1. The van der Waals surface area contributed by atoms with Crippen LogP contribution in [-0.2, 0) is 13.2 Å². The van der Waals surface area contributed by atoms with Gasteiger partial charge in [0.2, 0.25) is 0 Å². The van der Waals surface area contributed by atoms with Crippen LogP contribution in [-0.4, -0.2) is 25.6 Å². The van der Waals surface area contributed by atoms with Gasteiger partial charge in [-0.15, -0.1) is 11.3 Å². The molecule has 0 amide bonds. The van der Waals surface area contributed by atoms with Crippen molar-refractivity contribution in [2.75, 3.05) is 0 Å². The molecule has 1 N–H and O–H groups in total. The van der Waals surface area contributed by atoms with Crippen LogP contribution in [0.25, 0.3) is 11.2 Å². The molecule has 0 aliphatic rings. The highest BCUT2D eigenvalue weighted by Crippen LogP contribution is 2.26. The van der Waals surface area contributed by atoms with Crippen LogP contribution >= 0.6 is 22.9 Å². The smallest absolute Gasteiger partial charge is 0.354 e. The molecule has 0 aliphatic heterocycles. The Hall–Kier alpha value is -2.90. The van der Waals surface area contributed by atoms with E-state index < -0.39 is 5.97 Å². The molecule has 142 valence electrons. The summed E-state index contributed by atoms with van der Waals surface area (Å²) in [5, 5.41) is 11.8. The quantitative estimate of drug-likeness (QED) is 0.492. The third-order valence-corrected chi connectivity index (χ3v) is 5.52. The predicted molar refractivity (Wildman–Crippen MR) is 108 cm³/mol. The first-order valence-corrected chi connectivity index (χ1v) is 9.78. The number of thiophene rings is 1. The maximum Gasteiger partial charge on any atom is 0.354 e. The van der Waals surface area contributed by atoms with Crippen LogP contribution < -0.4 is 4.74 Å². The number of rotatable bonds is 6. The van der Waals surface area contributed by atoms with Crippen LogP contribution in [0.3, 0.4) is 0 Å². The van der Waals surface area contributed by atoms with E-state index in [1.54, 1.807) is 23.5 Å². The first-order valence-electron chi connectivity index (χ1n) is 8.52. The molecular formula is C20H16ClN3O3S.